The molecule has 0 heterocycles. The molecular formula is C55H88O6. The number of ether oxygens (including phenoxy) is 3. The smallest absolute Gasteiger partial charge is 0.306 e. The van der Waals surface area contributed by atoms with Crippen molar-refractivity contribution in [2.75, 3.05) is 13.2 Å². The summed E-state index contributed by atoms with van der Waals surface area (Å²) in [6.45, 7) is 6.30. The molecule has 0 aromatic carbocycles. The first kappa shape index (κ1) is 57.1. The molecule has 0 aromatic rings. The number of carbonyl (C=O) groups is 3. The SMILES string of the molecule is CC/C=C\C/C=C\C/C=C\C/C=C\C/C=C\CCCC(=O)OCC(COC(=O)CCCCCCCCCCC)OC(=O)CCCCCC/C=C\C/C=C\C/C=C\C/C=C\CC. The van der Waals surface area contributed by atoms with Gasteiger partial charge in [-0.1, -0.05) is 194 Å². The van der Waals surface area contributed by atoms with Gasteiger partial charge < -0.3 is 14.2 Å². The number of unbranched alkanes of at least 4 members (excludes halogenated alkanes) is 13. The second-order valence-corrected chi connectivity index (χ2v) is 15.6. The molecule has 0 N–H and O–H groups in total. The van der Waals surface area contributed by atoms with Gasteiger partial charge in [-0.2, -0.15) is 0 Å². The molecule has 0 saturated carbocycles. The summed E-state index contributed by atoms with van der Waals surface area (Å²) in [7, 11) is 0. The minimum Gasteiger partial charge on any atom is -0.462 e. The van der Waals surface area contributed by atoms with Crippen LogP contribution >= 0.6 is 0 Å². The lowest BCUT2D eigenvalue weighted by Gasteiger charge is -2.18. The number of rotatable bonds is 42. The second-order valence-electron chi connectivity index (χ2n) is 15.6. The molecule has 6 heteroatoms. The molecule has 0 amide bonds. The molecule has 0 saturated heterocycles. The summed E-state index contributed by atoms with van der Waals surface area (Å²) < 4.78 is 16.7. The Labute approximate surface area is 374 Å². The van der Waals surface area contributed by atoms with E-state index in [1.165, 1.54) is 38.5 Å². The summed E-state index contributed by atoms with van der Waals surface area (Å²) >= 11 is 0. The first-order valence-corrected chi connectivity index (χ1v) is 24.4. The predicted molar refractivity (Wildman–Crippen MR) is 260 cm³/mol. The Kier molecular flexibility index (Phi) is 45.6. The summed E-state index contributed by atoms with van der Waals surface area (Å²) in [5, 5.41) is 0. The average Bonchev–Trinajstić information content (AvgIpc) is 3.26. The number of hydrogen-bond donors (Lipinski definition) is 0. The fraction of sp³-hybridized carbons (Fsp3) is 0.618. The zero-order valence-corrected chi connectivity index (χ0v) is 39.1. The van der Waals surface area contributed by atoms with Crippen molar-refractivity contribution >= 4 is 17.9 Å². The van der Waals surface area contributed by atoms with E-state index in [0.717, 1.165) is 116 Å². The van der Waals surface area contributed by atoms with Crippen molar-refractivity contribution in [2.24, 2.45) is 0 Å². The van der Waals surface area contributed by atoms with Gasteiger partial charge in [0.25, 0.3) is 0 Å². The van der Waals surface area contributed by atoms with Crippen molar-refractivity contribution in [3.8, 4) is 0 Å². The van der Waals surface area contributed by atoms with Crippen LogP contribution in [-0.4, -0.2) is 37.2 Å². The van der Waals surface area contributed by atoms with Gasteiger partial charge in [0.2, 0.25) is 0 Å². The summed E-state index contributed by atoms with van der Waals surface area (Å²) in [5.74, 6) is -1.00. The highest BCUT2D eigenvalue weighted by Gasteiger charge is 2.19. The molecule has 1 atom stereocenters. The van der Waals surface area contributed by atoms with Gasteiger partial charge in [0.15, 0.2) is 6.10 Å². The van der Waals surface area contributed by atoms with Crippen molar-refractivity contribution in [3.05, 3.63) is 109 Å². The van der Waals surface area contributed by atoms with E-state index in [1.54, 1.807) is 0 Å². The van der Waals surface area contributed by atoms with Gasteiger partial charge in [0.05, 0.1) is 0 Å². The Hall–Kier alpha value is -3.93. The van der Waals surface area contributed by atoms with Gasteiger partial charge in [-0.25, -0.2) is 0 Å². The lowest BCUT2D eigenvalue weighted by molar-refractivity contribution is -0.167. The molecule has 6 nitrogen and oxygen atoms in total. The normalized spacial score (nSPS) is 13.0. The lowest BCUT2D eigenvalue weighted by Crippen LogP contribution is -2.30. The minimum atomic E-state index is -0.812. The molecule has 0 aliphatic heterocycles. The Morgan fingerprint density at radius 1 is 0.344 bits per heavy atom. The van der Waals surface area contributed by atoms with Crippen LogP contribution in [0, 0.1) is 0 Å². The zero-order valence-electron chi connectivity index (χ0n) is 39.1. The van der Waals surface area contributed by atoms with Crippen LogP contribution in [0.2, 0.25) is 0 Å². The average molecular weight is 845 g/mol. The molecule has 344 valence electrons. The van der Waals surface area contributed by atoms with Crippen LogP contribution < -0.4 is 0 Å². The van der Waals surface area contributed by atoms with Crippen LogP contribution in [0.4, 0.5) is 0 Å². The van der Waals surface area contributed by atoms with Crippen LogP contribution in [0.15, 0.2) is 109 Å². The quantitative estimate of drug-likeness (QED) is 0.0264. The first-order valence-electron chi connectivity index (χ1n) is 24.4. The molecular weight excluding hydrogens is 757 g/mol. The van der Waals surface area contributed by atoms with Gasteiger partial charge >= 0.3 is 17.9 Å². The summed E-state index contributed by atoms with van der Waals surface area (Å²) in [6, 6.07) is 0. The van der Waals surface area contributed by atoms with E-state index >= 15 is 0 Å². The van der Waals surface area contributed by atoms with Crippen molar-refractivity contribution in [1.82, 2.24) is 0 Å². The highest BCUT2D eigenvalue weighted by Crippen LogP contribution is 2.12. The molecule has 0 spiro atoms. The lowest BCUT2D eigenvalue weighted by atomic mass is 10.1. The van der Waals surface area contributed by atoms with E-state index in [0.29, 0.717) is 12.8 Å². The molecule has 0 fully saturated rings. The molecule has 0 aromatic heterocycles. The third-order valence-corrected chi connectivity index (χ3v) is 9.77. The van der Waals surface area contributed by atoms with Crippen molar-refractivity contribution in [3.63, 3.8) is 0 Å². The topological polar surface area (TPSA) is 78.9 Å². The van der Waals surface area contributed by atoms with Gasteiger partial charge in [0, 0.05) is 19.3 Å². The monoisotopic (exact) mass is 845 g/mol. The minimum absolute atomic E-state index is 0.107. The predicted octanol–water partition coefficient (Wildman–Crippen LogP) is 16.0. The largest absolute Gasteiger partial charge is 0.462 e. The Balaban J connectivity index is 4.51. The molecule has 0 rings (SSSR count). The van der Waals surface area contributed by atoms with E-state index in [1.807, 2.05) is 0 Å². The van der Waals surface area contributed by atoms with Gasteiger partial charge in [0.1, 0.15) is 13.2 Å². The van der Waals surface area contributed by atoms with Crippen molar-refractivity contribution in [1.29, 1.82) is 0 Å². The number of allylic oxidation sites excluding steroid dienone is 18. The fourth-order valence-corrected chi connectivity index (χ4v) is 6.17. The Morgan fingerprint density at radius 2 is 0.656 bits per heavy atom. The third kappa shape index (κ3) is 47.0. The van der Waals surface area contributed by atoms with Crippen molar-refractivity contribution in [2.45, 2.75) is 207 Å². The number of hydrogen-bond acceptors (Lipinski definition) is 6. The van der Waals surface area contributed by atoms with Gasteiger partial charge in [-0.15, -0.1) is 0 Å². The molecule has 61 heavy (non-hydrogen) atoms. The van der Waals surface area contributed by atoms with E-state index in [9.17, 15) is 14.4 Å². The molecule has 0 radical (unpaired) electrons. The second kappa shape index (κ2) is 48.7. The summed E-state index contributed by atoms with van der Waals surface area (Å²) in [4.78, 5) is 37.8. The fourth-order valence-electron chi connectivity index (χ4n) is 6.17. The highest BCUT2D eigenvalue weighted by atomic mass is 16.6. The third-order valence-electron chi connectivity index (χ3n) is 9.77. The van der Waals surface area contributed by atoms with Gasteiger partial charge in [-0.05, 0) is 96.3 Å². The standard InChI is InChI=1S/C55H88O6/c1-4-7-10-13-16-19-21-23-25-27-29-31-33-36-39-42-45-48-54(57)60-51-52(50-59-53(56)47-44-41-38-35-18-15-12-9-6-3)61-55(58)49-46-43-40-37-34-32-30-28-26-24-22-20-17-14-11-8-5-2/h7-8,10-11,16-17,19-20,23-26,29-32,36,39,52H,4-6,9,12-15,18,21-22,27-28,33-35,37-38,40-51H2,1-3H3/b10-7-,11-8-,19-16-,20-17-,25-23-,26-24-,31-29-,32-30-,39-36-. The molecule has 0 bridgehead atoms. The molecule has 1 unspecified atom stereocenters. The summed E-state index contributed by atoms with van der Waals surface area (Å²) in [6.07, 6.45) is 65.1. The zero-order chi connectivity index (χ0) is 44.4. The number of esters is 3. The van der Waals surface area contributed by atoms with Crippen LogP contribution in [-0.2, 0) is 28.6 Å². The highest BCUT2D eigenvalue weighted by molar-refractivity contribution is 5.71. The van der Waals surface area contributed by atoms with E-state index in [-0.39, 0.29) is 44.0 Å². The van der Waals surface area contributed by atoms with Crippen LogP contribution in [0.5, 0.6) is 0 Å². The maximum atomic E-state index is 12.8. The van der Waals surface area contributed by atoms with Crippen LogP contribution in [0.3, 0.4) is 0 Å². The Bertz CT molecular complexity index is 1290. The van der Waals surface area contributed by atoms with Gasteiger partial charge in [-0.3, -0.25) is 14.4 Å². The van der Waals surface area contributed by atoms with Crippen molar-refractivity contribution < 1.29 is 28.6 Å². The first-order chi connectivity index (χ1) is 30.0. The maximum absolute atomic E-state index is 12.8. The van der Waals surface area contributed by atoms with E-state index in [4.69, 9.17) is 14.2 Å². The van der Waals surface area contributed by atoms with E-state index in [2.05, 4.69) is 130 Å². The van der Waals surface area contributed by atoms with Crippen LogP contribution in [0.25, 0.3) is 0 Å². The Morgan fingerprint density at radius 3 is 1.07 bits per heavy atom. The van der Waals surface area contributed by atoms with E-state index < -0.39 is 6.10 Å². The van der Waals surface area contributed by atoms with Crippen LogP contribution in [0.1, 0.15) is 201 Å². The molecule has 0 aliphatic rings. The maximum Gasteiger partial charge on any atom is 0.306 e. The molecule has 0 aliphatic carbocycles. The summed E-state index contributed by atoms with van der Waals surface area (Å²) in [5.41, 5.74) is 0. The number of carbonyl (C=O) groups excluding carboxylic acids is 3.